The van der Waals surface area contributed by atoms with Crippen LogP contribution in [-0.2, 0) is 17.4 Å². The molecular weight excluding hydrogens is 413 g/mol. The van der Waals surface area contributed by atoms with Crippen molar-refractivity contribution in [2.45, 2.75) is 38.9 Å². The van der Waals surface area contributed by atoms with Crippen LogP contribution in [0.15, 0.2) is 36.4 Å². The molecule has 1 atom stereocenters. The van der Waals surface area contributed by atoms with E-state index in [-0.39, 0.29) is 12.0 Å². The minimum absolute atomic E-state index is 0.249. The Morgan fingerprint density at radius 2 is 1.81 bits per heavy atom. The first kappa shape index (κ1) is 24.0. The second-order valence-corrected chi connectivity index (χ2v) is 6.87. The fourth-order valence-electron chi connectivity index (χ4n) is 3.29. The van der Waals surface area contributed by atoms with Crippen LogP contribution in [0.1, 0.15) is 43.0 Å². The van der Waals surface area contributed by atoms with Crippen LogP contribution in [0.3, 0.4) is 0 Å². The third kappa shape index (κ3) is 6.13. The van der Waals surface area contributed by atoms with Crippen molar-refractivity contribution in [1.29, 1.82) is 0 Å². The van der Waals surface area contributed by atoms with Crippen LogP contribution >= 0.6 is 0 Å². The Bertz CT molecular complexity index is 945. The lowest BCUT2D eigenvalue weighted by Gasteiger charge is -2.23. The average molecular weight is 438 g/mol. The van der Waals surface area contributed by atoms with Crippen LogP contribution in [0.5, 0.6) is 5.75 Å². The van der Waals surface area contributed by atoms with E-state index in [9.17, 15) is 22.8 Å². The van der Waals surface area contributed by atoms with Gasteiger partial charge in [0.1, 0.15) is 5.75 Å². The Kier molecular flexibility index (Phi) is 7.90. The molecule has 2 aromatic carbocycles. The number of hydrogen-bond donors (Lipinski definition) is 3. The molecule has 1 unspecified atom stereocenters. The van der Waals surface area contributed by atoms with Gasteiger partial charge in [-0.2, -0.15) is 13.2 Å². The number of amides is 2. The Morgan fingerprint density at radius 3 is 2.35 bits per heavy atom. The van der Waals surface area contributed by atoms with Crippen LogP contribution in [0.25, 0.3) is 11.1 Å². The summed E-state index contributed by atoms with van der Waals surface area (Å²) in [7, 11) is 1.42. The van der Waals surface area contributed by atoms with Crippen LogP contribution in [0.4, 0.5) is 18.0 Å². The van der Waals surface area contributed by atoms with E-state index in [1.54, 1.807) is 32.0 Å². The highest BCUT2D eigenvalue weighted by Crippen LogP contribution is 2.40. The molecule has 0 aromatic heterocycles. The predicted molar refractivity (Wildman–Crippen MR) is 110 cm³/mol. The molecule has 2 rings (SSSR count). The summed E-state index contributed by atoms with van der Waals surface area (Å²) in [6, 6.07) is 6.83. The molecule has 6 nitrogen and oxygen atoms in total. The number of nitrogens with one attached hydrogen (secondary N) is 2. The number of halogens is 3. The lowest BCUT2D eigenvalue weighted by Crippen LogP contribution is -2.37. The highest BCUT2D eigenvalue weighted by Gasteiger charge is 2.32. The minimum atomic E-state index is -4.56. The Morgan fingerprint density at radius 1 is 1.10 bits per heavy atom. The molecular formula is C22H25F3N2O4. The lowest BCUT2D eigenvalue weighted by molar-refractivity contribution is -0.138. The predicted octanol–water partition coefficient (Wildman–Crippen LogP) is 4.78. The lowest BCUT2D eigenvalue weighted by atomic mass is 9.90. The summed E-state index contributed by atoms with van der Waals surface area (Å²) in [6.07, 6.45) is -4.48. The number of urea groups is 1. The molecule has 0 saturated heterocycles. The number of alkyl halides is 3. The standard InChI is InChI=1S/C22H25F3N2O4/c1-4-18(27-21(30)26-5-2)16-12-14(22(23,24)25)7-8-15(16)17-10-13(11-20(28)29)6-9-19(17)31-3/h6-10,12,18H,4-5,11H2,1-3H3,(H,28,29)(H2,26,27,30). The summed E-state index contributed by atoms with van der Waals surface area (Å²) in [6.45, 7) is 3.84. The molecule has 3 N–H and O–H groups in total. The van der Waals surface area contributed by atoms with Gasteiger partial charge in [-0.05, 0) is 54.3 Å². The third-order valence-corrected chi connectivity index (χ3v) is 4.71. The maximum atomic E-state index is 13.4. The fourth-order valence-corrected chi connectivity index (χ4v) is 3.29. The minimum Gasteiger partial charge on any atom is -0.496 e. The summed E-state index contributed by atoms with van der Waals surface area (Å²) in [5, 5.41) is 14.4. The number of methoxy groups -OCH3 is 1. The largest absolute Gasteiger partial charge is 0.496 e. The van der Waals surface area contributed by atoms with Crippen molar-refractivity contribution < 1.29 is 32.6 Å². The number of rotatable bonds is 8. The van der Waals surface area contributed by atoms with Gasteiger partial charge < -0.3 is 20.5 Å². The molecule has 0 bridgehead atoms. The number of aliphatic carboxylic acids is 1. The Labute approximate surface area is 178 Å². The molecule has 0 radical (unpaired) electrons. The summed E-state index contributed by atoms with van der Waals surface area (Å²) in [5.74, 6) is -0.656. The molecule has 0 aliphatic heterocycles. The first-order valence-corrected chi connectivity index (χ1v) is 9.75. The van der Waals surface area contributed by atoms with Gasteiger partial charge in [-0.3, -0.25) is 4.79 Å². The molecule has 2 aromatic rings. The highest BCUT2D eigenvalue weighted by molar-refractivity contribution is 5.79. The van der Waals surface area contributed by atoms with Crippen molar-refractivity contribution >= 4 is 12.0 Å². The van der Waals surface area contributed by atoms with E-state index in [0.29, 0.717) is 35.4 Å². The van der Waals surface area contributed by atoms with Crippen molar-refractivity contribution in [3.63, 3.8) is 0 Å². The number of benzene rings is 2. The number of ether oxygens (including phenoxy) is 1. The maximum Gasteiger partial charge on any atom is 0.416 e. The summed E-state index contributed by atoms with van der Waals surface area (Å²) in [5.41, 5.74) is 0.748. The normalized spacial score (nSPS) is 12.2. The second kappa shape index (κ2) is 10.2. The van der Waals surface area contributed by atoms with E-state index in [2.05, 4.69) is 10.6 Å². The van der Waals surface area contributed by atoms with Gasteiger partial charge in [0.05, 0.1) is 25.1 Å². The molecule has 0 fully saturated rings. The number of carboxylic acids is 1. The summed E-state index contributed by atoms with van der Waals surface area (Å²) < 4.78 is 45.6. The van der Waals surface area contributed by atoms with Crippen molar-refractivity contribution in [2.75, 3.05) is 13.7 Å². The maximum absolute atomic E-state index is 13.4. The number of carboxylic acid groups (broad SMARTS) is 1. The quantitative estimate of drug-likeness (QED) is 0.554. The zero-order valence-electron chi connectivity index (χ0n) is 17.5. The van der Waals surface area contributed by atoms with Crippen molar-refractivity contribution in [1.82, 2.24) is 10.6 Å². The van der Waals surface area contributed by atoms with E-state index in [0.717, 1.165) is 12.1 Å². The summed E-state index contributed by atoms with van der Waals surface area (Å²) >= 11 is 0. The third-order valence-electron chi connectivity index (χ3n) is 4.71. The van der Waals surface area contributed by atoms with Crippen LogP contribution < -0.4 is 15.4 Å². The van der Waals surface area contributed by atoms with E-state index in [4.69, 9.17) is 9.84 Å². The molecule has 0 heterocycles. The van der Waals surface area contributed by atoms with E-state index in [1.165, 1.54) is 13.2 Å². The van der Waals surface area contributed by atoms with Crippen LogP contribution in [0.2, 0.25) is 0 Å². The van der Waals surface area contributed by atoms with Gasteiger partial charge in [0.2, 0.25) is 0 Å². The van der Waals surface area contributed by atoms with Crippen molar-refractivity contribution in [3.05, 3.63) is 53.1 Å². The van der Waals surface area contributed by atoms with Crippen molar-refractivity contribution in [3.8, 4) is 16.9 Å². The molecule has 168 valence electrons. The van der Waals surface area contributed by atoms with Gasteiger partial charge in [0.15, 0.2) is 0 Å². The SMILES string of the molecule is CCNC(=O)NC(CC)c1cc(C(F)(F)F)ccc1-c1cc(CC(=O)O)ccc1OC. The van der Waals surface area contributed by atoms with Gasteiger partial charge in [-0.25, -0.2) is 4.79 Å². The molecule has 0 aliphatic rings. The van der Waals surface area contributed by atoms with Gasteiger partial charge in [-0.15, -0.1) is 0 Å². The molecule has 0 saturated carbocycles. The molecule has 9 heteroatoms. The first-order valence-electron chi connectivity index (χ1n) is 9.75. The Hall–Kier alpha value is -3.23. The summed E-state index contributed by atoms with van der Waals surface area (Å²) in [4.78, 5) is 23.2. The topological polar surface area (TPSA) is 87.7 Å². The molecule has 0 spiro atoms. The molecule has 0 aliphatic carbocycles. The zero-order valence-corrected chi connectivity index (χ0v) is 17.5. The van der Waals surface area contributed by atoms with E-state index >= 15 is 0 Å². The van der Waals surface area contributed by atoms with E-state index < -0.39 is 29.8 Å². The Balaban J connectivity index is 2.69. The molecule has 2 amide bonds. The average Bonchev–Trinajstić information content (AvgIpc) is 2.70. The van der Waals surface area contributed by atoms with Crippen LogP contribution in [0, 0.1) is 0 Å². The number of carbonyl (C=O) groups is 2. The highest BCUT2D eigenvalue weighted by atomic mass is 19.4. The van der Waals surface area contributed by atoms with Crippen LogP contribution in [-0.4, -0.2) is 30.8 Å². The molecule has 31 heavy (non-hydrogen) atoms. The fraction of sp³-hybridized carbons (Fsp3) is 0.364. The van der Waals surface area contributed by atoms with Gasteiger partial charge in [0.25, 0.3) is 0 Å². The van der Waals surface area contributed by atoms with Gasteiger partial charge in [-0.1, -0.05) is 19.1 Å². The monoisotopic (exact) mass is 438 g/mol. The number of carbonyl (C=O) groups excluding carboxylic acids is 1. The van der Waals surface area contributed by atoms with Gasteiger partial charge in [0, 0.05) is 12.1 Å². The zero-order chi connectivity index (χ0) is 23.2. The second-order valence-electron chi connectivity index (χ2n) is 6.87. The van der Waals surface area contributed by atoms with Crippen molar-refractivity contribution in [2.24, 2.45) is 0 Å². The van der Waals surface area contributed by atoms with Gasteiger partial charge >= 0.3 is 18.2 Å². The van der Waals surface area contributed by atoms with E-state index in [1.807, 2.05) is 0 Å². The first-order chi connectivity index (χ1) is 14.6. The smallest absolute Gasteiger partial charge is 0.416 e. The number of hydrogen-bond acceptors (Lipinski definition) is 3.